The first-order chi connectivity index (χ1) is 12.4. The lowest BCUT2D eigenvalue weighted by molar-refractivity contribution is -0.141. The fourth-order valence-corrected chi connectivity index (χ4v) is 4.19. The molecule has 0 amide bonds. The van der Waals surface area contributed by atoms with Gasteiger partial charge in [0.25, 0.3) is 0 Å². The highest BCUT2D eigenvalue weighted by Gasteiger charge is 2.47. The van der Waals surface area contributed by atoms with E-state index in [0.717, 1.165) is 32.0 Å². The van der Waals surface area contributed by atoms with E-state index in [1.807, 2.05) is 23.1 Å². The number of hydrogen-bond acceptors (Lipinski definition) is 3. The summed E-state index contributed by atoms with van der Waals surface area (Å²) in [4.78, 5) is 12.7. The molecule has 1 saturated heterocycles. The predicted molar refractivity (Wildman–Crippen MR) is 91.0 cm³/mol. The van der Waals surface area contributed by atoms with Crippen molar-refractivity contribution in [2.75, 3.05) is 19.6 Å². The van der Waals surface area contributed by atoms with Crippen LogP contribution in [0.4, 0.5) is 8.78 Å². The van der Waals surface area contributed by atoms with Crippen molar-refractivity contribution >= 4 is 5.97 Å². The Bertz CT molecular complexity index is 842. The van der Waals surface area contributed by atoms with Gasteiger partial charge >= 0.3 is 5.97 Å². The molecule has 1 spiro atoms. The van der Waals surface area contributed by atoms with Crippen molar-refractivity contribution in [3.8, 4) is 5.75 Å². The standard InChI is InChI=1S/C20H19F2NO3/c21-16-3-13(4-17(22)6-16)10-26-18-2-1-14-7-20(8-15(14)5-18)11-23(12-20)9-19(24)25/h1-6H,7-12H2,(H,24,25). The number of ether oxygens (including phenoxy) is 1. The van der Waals surface area contributed by atoms with Crippen LogP contribution in [0.2, 0.25) is 0 Å². The second kappa shape index (κ2) is 6.36. The van der Waals surface area contributed by atoms with E-state index in [9.17, 15) is 13.6 Å². The molecule has 2 aromatic carbocycles. The van der Waals surface area contributed by atoms with Crippen molar-refractivity contribution in [3.63, 3.8) is 0 Å². The number of carboxylic acids is 1. The van der Waals surface area contributed by atoms with Gasteiger partial charge in [-0.1, -0.05) is 6.07 Å². The molecule has 136 valence electrons. The zero-order chi connectivity index (χ0) is 18.3. The fraction of sp³-hybridized carbons (Fsp3) is 0.350. The molecule has 1 heterocycles. The van der Waals surface area contributed by atoms with Gasteiger partial charge in [-0.3, -0.25) is 9.69 Å². The molecule has 26 heavy (non-hydrogen) atoms. The summed E-state index contributed by atoms with van der Waals surface area (Å²) in [5, 5.41) is 8.87. The normalized spacial score (nSPS) is 17.8. The molecule has 4 nitrogen and oxygen atoms in total. The highest BCUT2D eigenvalue weighted by atomic mass is 19.1. The van der Waals surface area contributed by atoms with Crippen LogP contribution in [0.1, 0.15) is 16.7 Å². The van der Waals surface area contributed by atoms with Gasteiger partial charge in [0.2, 0.25) is 0 Å². The van der Waals surface area contributed by atoms with Crippen molar-refractivity contribution < 1.29 is 23.4 Å². The molecule has 1 N–H and O–H groups in total. The maximum absolute atomic E-state index is 13.2. The fourth-order valence-electron chi connectivity index (χ4n) is 4.19. The van der Waals surface area contributed by atoms with E-state index < -0.39 is 17.6 Å². The lowest BCUT2D eigenvalue weighted by Gasteiger charge is -2.47. The van der Waals surface area contributed by atoms with Gasteiger partial charge in [-0.2, -0.15) is 0 Å². The number of hydrogen-bond donors (Lipinski definition) is 1. The topological polar surface area (TPSA) is 49.8 Å². The van der Waals surface area contributed by atoms with Gasteiger partial charge in [0.15, 0.2) is 0 Å². The first-order valence-electron chi connectivity index (χ1n) is 8.55. The number of fused-ring (bicyclic) bond motifs is 1. The molecule has 2 aliphatic rings. The molecule has 0 saturated carbocycles. The van der Waals surface area contributed by atoms with Gasteiger partial charge < -0.3 is 9.84 Å². The Morgan fingerprint density at radius 3 is 2.46 bits per heavy atom. The molecule has 1 aliphatic heterocycles. The number of halogens is 2. The van der Waals surface area contributed by atoms with E-state index in [1.54, 1.807) is 0 Å². The summed E-state index contributed by atoms with van der Waals surface area (Å²) in [6.45, 7) is 1.79. The van der Waals surface area contributed by atoms with Gasteiger partial charge in [0.05, 0.1) is 6.54 Å². The third-order valence-electron chi connectivity index (χ3n) is 5.11. The molecule has 0 atom stereocenters. The van der Waals surface area contributed by atoms with E-state index in [-0.39, 0.29) is 18.6 Å². The Kier molecular flexibility index (Phi) is 4.15. The molecule has 4 rings (SSSR count). The smallest absolute Gasteiger partial charge is 0.317 e. The average molecular weight is 359 g/mol. The van der Waals surface area contributed by atoms with Crippen LogP contribution in [0.3, 0.4) is 0 Å². The first-order valence-corrected chi connectivity index (χ1v) is 8.55. The molecule has 0 bridgehead atoms. The summed E-state index contributed by atoms with van der Waals surface area (Å²) in [5.41, 5.74) is 3.07. The van der Waals surface area contributed by atoms with E-state index >= 15 is 0 Å². The summed E-state index contributed by atoms with van der Waals surface area (Å²) in [5.74, 6) is -1.35. The number of carboxylic acid groups (broad SMARTS) is 1. The number of aliphatic carboxylic acids is 1. The summed E-state index contributed by atoms with van der Waals surface area (Å²) in [6.07, 6.45) is 1.86. The van der Waals surface area contributed by atoms with Crippen molar-refractivity contribution in [2.24, 2.45) is 5.41 Å². The largest absolute Gasteiger partial charge is 0.489 e. The van der Waals surface area contributed by atoms with Crippen molar-refractivity contribution in [1.29, 1.82) is 0 Å². The highest BCUT2D eigenvalue weighted by Crippen LogP contribution is 2.44. The second-order valence-electron chi connectivity index (χ2n) is 7.39. The van der Waals surface area contributed by atoms with Crippen molar-refractivity contribution in [2.45, 2.75) is 19.4 Å². The van der Waals surface area contributed by atoms with Gasteiger partial charge in [-0.05, 0) is 53.8 Å². The Balaban J connectivity index is 1.39. The summed E-state index contributed by atoms with van der Waals surface area (Å²) >= 11 is 0. The maximum atomic E-state index is 13.2. The predicted octanol–water partition coefficient (Wildman–Crippen LogP) is 3.03. The van der Waals surface area contributed by atoms with Crippen LogP contribution in [0.25, 0.3) is 0 Å². The zero-order valence-electron chi connectivity index (χ0n) is 14.2. The molecular formula is C20H19F2NO3. The summed E-state index contributed by atoms with van der Waals surface area (Å²) in [7, 11) is 0. The molecule has 0 radical (unpaired) electrons. The van der Waals surface area contributed by atoms with E-state index in [1.165, 1.54) is 23.3 Å². The summed E-state index contributed by atoms with van der Waals surface area (Å²) in [6, 6.07) is 9.25. The quantitative estimate of drug-likeness (QED) is 0.892. The van der Waals surface area contributed by atoms with Crippen molar-refractivity contribution in [3.05, 3.63) is 64.7 Å². The van der Waals surface area contributed by atoms with Crippen LogP contribution >= 0.6 is 0 Å². The molecular weight excluding hydrogens is 340 g/mol. The van der Waals surface area contributed by atoms with Crippen LogP contribution in [-0.4, -0.2) is 35.6 Å². The monoisotopic (exact) mass is 359 g/mol. The average Bonchev–Trinajstić information content (AvgIpc) is 2.89. The molecule has 2 aromatic rings. The van der Waals surface area contributed by atoms with Crippen LogP contribution in [0.15, 0.2) is 36.4 Å². The van der Waals surface area contributed by atoms with Crippen molar-refractivity contribution in [1.82, 2.24) is 4.90 Å². The Labute approximate surface area is 150 Å². The summed E-state index contributed by atoms with van der Waals surface area (Å²) < 4.78 is 32.2. The van der Waals surface area contributed by atoms with Crippen LogP contribution < -0.4 is 4.74 Å². The minimum atomic E-state index is -0.792. The van der Waals surface area contributed by atoms with E-state index in [0.29, 0.717) is 11.3 Å². The highest BCUT2D eigenvalue weighted by molar-refractivity contribution is 5.69. The number of likely N-dealkylation sites (tertiary alicyclic amines) is 1. The van der Waals surface area contributed by atoms with E-state index in [2.05, 4.69) is 0 Å². The van der Waals surface area contributed by atoms with Crippen LogP contribution in [0.5, 0.6) is 5.75 Å². The lowest BCUT2D eigenvalue weighted by atomic mass is 9.77. The van der Waals surface area contributed by atoms with Gasteiger partial charge in [-0.25, -0.2) is 8.78 Å². The number of benzene rings is 2. The Hall–Kier alpha value is -2.47. The third-order valence-corrected chi connectivity index (χ3v) is 5.11. The maximum Gasteiger partial charge on any atom is 0.317 e. The number of nitrogens with zero attached hydrogens (tertiary/aromatic N) is 1. The Morgan fingerprint density at radius 2 is 1.77 bits per heavy atom. The van der Waals surface area contributed by atoms with Crippen LogP contribution in [0, 0.1) is 17.0 Å². The lowest BCUT2D eigenvalue weighted by Crippen LogP contribution is -2.58. The molecule has 1 aliphatic carbocycles. The molecule has 0 unspecified atom stereocenters. The minimum Gasteiger partial charge on any atom is -0.489 e. The molecule has 1 fully saturated rings. The number of carbonyl (C=O) groups is 1. The second-order valence-corrected chi connectivity index (χ2v) is 7.39. The third kappa shape index (κ3) is 3.42. The van der Waals surface area contributed by atoms with Gasteiger partial charge in [-0.15, -0.1) is 0 Å². The van der Waals surface area contributed by atoms with Gasteiger partial charge in [0.1, 0.15) is 24.0 Å². The zero-order valence-corrected chi connectivity index (χ0v) is 14.2. The molecule has 6 heteroatoms. The minimum absolute atomic E-state index is 0.0939. The SMILES string of the molecule is O=C(O)CN1CC2(Cc3ccc(OCc4cc(F)cc(F)c4)cc3C2)C1. The van der Waals surface area contributed by atoms with Crippen LogP contribution in [-0.2, 0) is 24.2 Å². The number of rotatable bonds is 5. The first kappa shape index (κ1) is 17.0. The van der Waals surface area contributed by atoms with Gasteiger partial charge in [0, 0.05) is 24.6 Å². The van der Waals surface area contributed by atoms with E-state index in [4.69, 9.17) is 9.84 Å². The Morgan fingerprint density at radius 1 is 1.08 bits per heavy atom. The molecule has 0 aromatic heterocycles.